The monoisotopic (exact) mass is 411 g/mol. The summed E-state index contributed by atoms with van der Waals surface area (Å²) in [7, 11) is 1.57. The zero-order valence-corrected chi connectivity index (χ0v) is 16.1. The van der Waals surface area contributed by atoms with Gasteiger partial charge < -0.3 is 5.32 Å². The SMILES string of the molecule is Cn1c(SCC(=O)Nc2c(F)cccc2F)nc2cc3ccccc3cc2c1=O. The van der Waals surface area contributed by atoms with Crippen LogP contribution in [0.3, 0.4) is 0 Å². The molecule has 146 valence electrons. The molecule has 4 aromatic rings. The summed E-state index contributed by atoms with van der Waals surface area (Å²) in [6.07, 6.45) is 0. The number of fused-ring (bicyclic) bond motifs is 2. The molecule has 0 unspecified atom stereocenters. The molecular weight excluding hydrogens is 396 g/mol. The first-order chi connectivity index (χ1) is 13.9. The van der Waals surface area contributed by atoms with Gasteiger partial charge in [0.1, 0.15) is 17.3 Å². The van der Waals surface area contributed by atoms with Gasteiger partial charge in [-0.05, 0) is 35.0 Å². The fourth-order valence-electron chi connectivity index (χ4n) is 2.99. The van der Waals surface area contributed by atoms with Gasteiger partial charge in [-0.2, -0.15) is 0 Å². The third kappa shape index (κ3) is 3.71. The van der Waals surface area contributed by atoms with Crippen molar-refractivity contribution in [3.63, 3.8) is 0 Å². The van der Waals surface area contributed by atoms with Crippen LogP contribution in [0.2, 0.25) is 0 Å². The van der Waals surface area contributed by atoms with Gasteiger partial charge >= 0.3 is 0 Å². The van der Waals surface area contributed by atoms with Crippen molar-refractivity contribution in [2.75, 3.05) is 11.1 Å². The number of para-hydroxylation sites is 1. The van der Waals surface area contributed by atoms with Crippen LogP contribution >= 0.6 is 11.8 Å². The minimum atomic E-state index is -0.855. The van der Waals surface area contributed by atoms with E-state index in [0.29, 0.717) is 16.1 Å². The minimum Gasteiger partial charge on any atom is -0.320 e. The van der Waals surface area contributed by atoms with Gasteiger partial charge in [-0.1, -0.05) is 42.1 Å². The van der Waals surface area contributed by atoms with E-state index >= 15 is 0 Å². The Bertz CT molecular complexity index is 1300. The molecule has 1 N–H and O–H groups in total. The molecule has 0 saturated heterocycles. The molecule has 0 aliphatic rings. The van der Waals surface area contributed by atoms with Crippen LogP contribution in [0.1, 0.15) is 0 Å². The van der Waals surface area contributed by atoms with Crippen molar-refractivity contribution in [3.05, 3.63) is 76.6 Å². The summed E-state index contributed by atoms with van der Waals surface area (Å²) >= 11 is 1.02. The number of amides is 1. The molecule has 0 spiro atoms. The second-order valence-electron chi connectivity index (χ2n) is 6.41. The molecular formula is C21H15F2N3O2S. The molecule has 0 aliphatic carbocycles. The summed E-state index contributed by atoms with van der Waals surface area (Å²) in [4.78, 5) is 29.4. The summed E-state index contributed by atoms with van der Waals surface area (Å²) < 4.78 is 28.7. The van der Waals surface area contributed by atoms with Crippen LogP contribution in [0, 0.1) is 11.6 Å². The third-order valence-electron chi connectivity index (χ3n) is 4.46. The molecule has 1 aromatic heterocycles. The molecule has 0 atom stereocenters. The number of rotatable bonds is 4. The number of aromatic nitrogens is 2. The second kappa shape index (κ2) is 7.63. The highest BCUT2D eigenvalue weighted by atomic mass is 32.2. The Balaban J connectivity index is 1.61. The summed E-state index contributed by atoms with van der Waals surface area (Å²) in [5.74, 6) is -2.47. The van der Waals surface area contributed by atoms with Crippen LogP contribution < -0.4 is 10.9 Å². The van der Waals surface area contributed by atoms with Crippen LogP contribution in [-0.4, -0.2) is 21.2 Å². The van der Waals surface area contributed by atoms with Gasteiger partial charge in [-0.15, -0.1) is 0 Å². The number of nitrogens with one attached hydrogen (secondary N) is 1. The van der Waals surface area contributed by atoms with Crippen molar-refractivity contribution in [1.82, 2.24) is 9.55 Å². The molecule has 0 fully saturated rings. The number of carbonyl (C=O) groups is 1. The van der Waals surface area contributed by atoms with Crippen molar-refractivity contribution in [2.45, 2.75) is 5.16 Å². The van der Waals surface area contributed by atoms with Crippen molar-refractivity contribution >= 4 is 45.0 Å². The van der Waals surface area contributed by atoms with Gasteiger partial charge in [-0.3, -0.25) is 14.2 Å². The quantitative estimate of drug-likeness (QED) is 0.312. The Morgan fingerprint density at radius 3 is 2.41 bits per heavy atom. The molecule has 29 heavy (non-hydrogen) atoms. The van der Waals surface area contributed by atoms with E-state index in [4.69, 9.17) is 0 Å². The smallest absolute Gasteiger partial charge is 0.261 e. The number of nitrogens with zero attached hydrogens (tertiary/aromatic N) is 2. The highest BCUT2D eigenvalue weighted by Gasteiger charge is 2.15. The Kier molecular flexibility index (Phi) is 5.02. The van der Waals surface area contributed by atoms with Gasteiger partial charge in [0.05, 0.1) is 16.7 Å². The average molecular weight is 411 g/mol. The Labute approximate surface area is 168 Å². The molecule has 1 amide bonds. The number of carbonyl (C=O) groups excluding carboxylic acids is 1. The van der Waals surface area contributed by atoms with Crippen molar-refractivity contribution < 1.29 is 13.6 Å². The van der Waals surface area contributed by atoms with Crippen molar-refractivity contribution in [2.24, 2.45) is 7.05 Å². The first-order valence-corrected chi connectivity index (χ1v) is 9.69. The summed E-state index contributed by atoms with van der Waals surface area (Å²) in [5.41, 5.74) is -0.205. The molecule has 0 aliphatic heterocycles. The maximum atomic E-state index is 13.7. The fraction of sp³-hybridized carbons (Fsp3) is 0.0952. The van der Waals surface area contributed by atoms with Crippen LogP contribution in [0.4, 0.5) is 14.5 Å². The van der Waals surface area contributed by atoms with E-state index in [1.807, 2.05) is 30.3 Å². The fourth-order valence-corrected chi connectivity index (χ4v) is 3.76. The van der Waals surface area contributed by atoms with Crippen LogP contribution in [0.25, 0.3) is 21.7 Å². The highest BCUT2D eigenvalue weighted by molar-refractivity contribution is 7.99. The molecule has 1 heterocycles. The minimum absolute atomic E-state index is 0.160. The maximum Gasteiger partial charge on any atom is 0.261 e. The van der Waals surface area contributed by atoms with Gasteiger partial charge in [-0.25, -0.2) is 13.8 Å². The standard InChI is InChI=1S/C21H15F2N3O2S/c1-26-20(28)14-9-12-5-2-3-6-13(12)10-17(14)24-21(26)29-11-18(27)25-19-15(22)7-4-8-16(19)23/h2-10H,11H2,1H3,(H,25,27). The molecule has 5 nitrogen and oxygen atoms in total. The van der Waals surface area contributed by atoms with E-state index in [1.165, 1.54) is 10.6 Å². The van der Waals surface area contributed by atoms with E-state index in [2.05, 4.69) is 10.3 Å². The van der Waals surface area contributed by atoms with E-state index in [-0.39, 0.29) is 11.3 Å². The lowest BCUT2D eigenvalue weighted by atomic mass is 10.1. The molecule has 0 radical (unpaired) electrons. The lowest BCUT2D eigenvalue weighted by molar-refractivity contribution is -0.113. The predicted molar refractivity (Wildman–Crippen MR) is 110 cm³/mol. The molecule has 0 saturated carbocycles. The number of anilines is 1. The lowest BCUT2D eigenvalue weighted by Crippen LogP contribution is -2.21. The average Bonchev–Trinajstić information content (AvgIpc) is 2.71. The first kappa shape index (κ1) is 19.1. The van der Waals surface area contributed by atoms with Gasteiger partial charge in [0, 0.05) is 7.05 Å². The lowest BCUT2D eigenvalue weighted by Gasteiger charge is -2.10. The number of benzene rings is 3. The van der Waals surface area contributed by atoms with Gasteiger partial charge in [0.15, 0.2) is 5.16 Å². The van der Waals surface area contributed by atoms with E-state index in [9.17, 15) is 18.4 Å². The van der Waals surface area contributed by atoms with E-state index in [0.717, 1.165) is 34.7 Å². The summed E-state index contributed by atoms with van der Waals surface area (Å²) in [5, 5.41) is 4.92. The first-order valence-electron chi connectivity index (χ1n) is 8.70. The Morgan fingerprint density at radius 2 is 1.72 bits per heavy atom. The second-order valence-corrected chi connectivity index (χ2v) is 7.35. The number of hydrogen-bond acceptors (Lipinski definition) is 4. The van der Waals surface area contributed by atoms with Crippen LogP contribution in [-0.2, 0) is 11.8 Å². The summed E-state index contributed by atoms with van der Waals surface area (Å²) in [6.45, 7) is 0. The Morgan fingerprint density at radius 1 is 1.07 bits per heavy atom. The van der Waals surface area contributed by atoms with Crippen molar-refractivity contribution in [1.29, 1.82) is 0 Å². The predicted octanol–water partition coefficient (Wildman–Crippen LogP) is 4.10. The van der Waals surface area contributed by atoms with Gasteiger partial charge in [0.25, 0.3) is 5.56 Å². The number of halogens is 2. The zero-order chi connectivity index (χ0) is 20.5. The molecule has 0 bridgehead atoms. The number of hydrogen-bond donors (Lipinski definition) is 1. The van der Waals surface area contributed by atoms with Crippen LogP contribution in [0.5, 0.6) is 0 Å². The molecule has 4 rings (SSSR count). The largest absolute Gasteiger partial charge is 0.320 e. The molecule has 3 aromatic carbocycles. The zero-order valence-electron chi connectivity index (χ0n) is 15.3. The van der Waals surface area contributed by atoms with Crippen molar-refractivity contribution in [3.8, 4) is 0 Å². The third-order valence-corrected chi connectivity index (χ3v) is 5.49. The van der Waals surface area contributed by atoms with Gasteiger partial charge in [0.2, 0.25) is 5.91 Å². The van der Waals surface area contributed by atoms with Crippen LogP contribution in [0.15, 0.2) is 64.5 Å². The van der Waals surface area contributed by atoms with E-state index in [1.54, 1.807) is 13.1 Å². The Hall–Kier alpha value is -3.26. The van der Waals surface area contributed by atoms with E-state index < -0.39 is 23.2 Å². The molecule has 8 heteroatoms. The topological polar surface area (TPSA) is 64.0 Å². The normalized spacial score (nSPS) is 11.1. The summed E-state index contributed by atoms with van der Waals surface area (Å²) in [6, 6.07) is 14.6. The highest BCUT2D eigenvalue weighted by Crippen LogP contribution is 2.23. The maximum absolute atomic E-state index is 13.7. The number of thioether (sulfide) groups is 1.